The molecule has 2 aliphatic heterocycles. The molecule has 0 aromatic heterocycles. The second-order valence-corrected chi connectivity index (χ2v) is 6.33. The highest BCUT2D eigenvalue weighted by Crippen LogP contribution is 2.39. The van der Waals surface area contributed by atoms with E-state index in [0.717, 1.165) is 5.56 Å². The molecule has 2 aromatic rings. The number of nitrogens with two attached hydrogens (primary N) is 1. The molecule has 0 saturated carbocycles. The van der Waals surface area contributed by atoms with Crippen LogP contribution in [0.1, 0.15) is 23.7 Å². The van der Waals surface area contributed by atoms with E-state index in [2.05, 4.69) is 10.5 Å². The van der Waals surface area contributed by atoms with Crippen LogP contribution in [-0.2, 0) is 0 Å². The summed E-state index contributed by atoms with van der Waals surface area (Å²) in [7, 11) is 0. The van der Waals surface area contributed by atoms with E-state index in [1.807, 2.05) is 18.2 Å². The van der Waals surface area contributed by atoms with E-state index in [9.17, 15) is 4.39 Å². The van der Waals surface area contributed by atoms with Crippen LogP contribution in [0.15, 0.2) is 41.5 Å². The van der Waals surface area contributed by atoms with Gasteiger partial charge in [-0.1, -0.05) is 6.07 Å². The highest BCUT2D eigenvalue weighted by atomic mass is 32.1. The highest BCUT2D eigenvalue weighted by Gasteiger charge is 2.28. The summed E-state index contributed by atoms with van der Waals surface area (Å²) >= 11 is 4.80. The second kappa shape index (κ2) is 6.80. The maximum absolute atomic E-state index is 13.7. The van der Waals surface area contributed by atoms with Gasteiger partial charge in [-0.05, 0) is 48.1 Å². The maximum atomic E-state index is 13.7. The summed E-state index contributed by atoms with van der Waals surface area (Å²) in [6, 6.07) is 10.00. The first kappa shape index (κ1) is 16.6. The quantitative estimate of drug-likeness (QED) is 0.623. The van der Waals surface area contributed by atoms with Crippen LogP contribution in [0.3, 0.4) is 0 Å². The number of rotatable bonds is 2. The van der Waals surface area contributed by atoms with Crippen molar-refractivity contribution >= 4 is 23.0 Å². The van der Waals surface area contributed by atoms with Gasteiger partial charge in [-0.15, -0.1) is 0 Å². The molecule has 0 spiro atoms. The van der Waals surface area contributed by atoms with Crippen LogP contribution < -0.4 is 25.4 Å². The summed E-state index contributed by atoms with van der Waals surface area (Å²) in [5, 5.41) is 4.27. The summed E-state index contributed by atoms with van der Waals surface area (Å²) in [6.45, 7) is 1.04. The van der Waals surface area contributed by atoms with Crippen LogP contribution >= 0.6 is 12.2 Å². The lowest BCUT2D eigenvalue weighted by atomic mass is 9.95. The lowest BCUT2D eigenvalue weighted by molar-refractivity contribution is 0.169. The average Bonchev–Trinajstić information content (AvgIpc) is 2.65. The Hall–Kier alpha value is -2.87. The minimum absolute atomic E-state index is 0.0397. The van der Waals surface area contributed by atoms with Crippen LogP contribution in [0.4, 0.5) is 4.39 Å². The maximum Gasteiger partial charge on any atom is 0.184 e. The lowest BCUT2D eigenvalue weighted by Crippen LogP contribution is -2.28. The number of benzene rings is 2. The van der Waals surface area contributed by atoms with Crippen molar-refractivity contribution in [2.75, 3.05) is 13.2 Å². The average molecular weight is 373 g/mol. The van der Waals surface area contributed by atoms with Crippen molar-refractivity contribution in [2.45, 2.75) is 12.5 Å². The second-order valence-electron chi connectivity index (χ2n) is 5.89. The van der Waals surface area contributed by atoms with Crippen LogP contribution in [0.25, 0.3) is 0 Å². The molecule has 3 N–H and O–H groups in total. The van der Waals surface area contributed by atoms with Crippen molar-refractivity contribution in [1.29, 1.82) is 0 Å². The number of hydrogen-bond donors (Lipinski definition) is 2. The fourth-order valence-electron chi connectivity index (χ4n) is 2.99. The summed E-state index contributed by atoms with van der Waals surface area (Å²) in [5.74, 6) is 1.57. The predicted molar refractivity (Wildman–Crippen MR) is 98.3 cm³/mol. The van der Waals surface area contributed by atoms with Crippen molar-refractivity contribution in [2.24, 2.45) is 10.8 Å². The van der Waals surface area contributed by atoms with E-state index >= 15 is 0 Å². The van der Waals surface area contributed by atoms with Crippen molar-refractivity contribution in [3.05, 3.63) is 53.3 Å². The van der Waals surface area contributed by atoms with Crippen molar-refractivity contribution < 1.29 is 18.6 Å². The number of thiocarbonyl (C=S) groups is 1. The number of hydrogen-bond acceptors (Lipinski definition) is 5. The third kappa shape index (κ3) is 3.28. The van der Waals surface area contributed by atoms with E-state index in [-0.39, 0.29) is 17.0 Å². The third-order valence-electron chi connectivity index (χ3n) is 4.14. The molecule has 0 radical (unpaired) electrons. The fourth-order valence-corrected chi connectivity index (χ4v) is 3.03. The standard InChI is InChI=1S/C18H16FN3O3S/c19-11-2-4-14-12(8-11)13(21-22-18(20)26)9-16(25-14)10-1-3-15-17(7-10)24-6-5-23-15/h1-4,7-8,16H,5-6,9H2,(H3,20,22,26)/t16-/m0/s1. The van der Waals surface area contributed by atoms with E-state index in [1.165, 1.54) is 12.1 Å². The normalized spacial score (nSPS) is 19.4. The Labute approximate surface area is 154 Å². The zero-order valence-corrected chi connectivity index (χ0v) is 14.5. The summed E-state index contributed by atoms with van der Waals surface area (Å²) in [5.41, 5.74) is 10.1. The Morgan fingerprint density at radius 1 is 1.12 bits per heavy atom. The number of fused-ring (bicyclic) bond motifs is 2. The van der Waals surface area contributed by atoms with Gasteiger partial charge in [-0.3, -0.25) is 5.43 Å². The molecular weight excluding hydrogens is 357 g/mol. The lowest BCUT2D eigenvalue weighted by Gasteiger charge is -2.28. The van der Waals surface area contributed by atoms with Crippen molar-refractivity contribution in [3.8, 4) is 17.2 Å². The van der Waals surface area contributed by atoms with Crippen molar-refractivity contribution in [1.82, 2.24) is 5.43 Å². The number of ether oxygens (including phenoxy) is 3. The first-order valence-corrected chi connectivity index (χ1v) is 8.49. The zero-order valence-electron chi connectivity index (χ0n) is 13.7. The molecular formula is C18H16FN3O3S. The third-order valence-corrected chi connectivity index (χ3v) is 4.23. The Balaban J connectivity index is 1.69. The Kier molecular flexibility index (Phi) is 4.34. The minimum atomic E-state index is -0.367. The monoisotopic (exact) mass is 373 g/mol. The fraction of sp³-hybridized carbons (Fsp3) is 0.222. The summed E-state index contributed by atoms with van der Waals surface area (Å²) in [4.78, 5) is 0. The summed E-state index contributed by atoms with van der Waals surface area (Å²) < 4.78 is 30.9. The number of nitrogens with one attached hydrogen (secondary N) is 1. The Bertz CT molecular complexity index is 903. The number of hydrazone groups is 1. The van der Waals surface area contributed by atoms with Crippen LogP contribution in [0.5, 0.6) is 17.2 Å². The van der Waals surface area contributed by atoms with Crippen LogP contribution in [0.2, 0.25) is 0 Å². The Morgan fingerprint density at radius 2 is 1.88 bits per heavy atom. The highest BCUT2D eigenvalue weighted by molar-refractivity contribution is 7.80. The van der Waals surface area contributed by atoms with E-state index in [4.69, 9.17) is 32.2 Å². The topological polar surface area (TPSA) is 78.1 Å². The molecule has 0 aliphatic carbocycles. The van der Waals surface area contributed by atoms with Gasteiger partial charge < -0.3 is 19.9 Å². The molecule has 134 valence electrons. The molecule has 0 saturated heterocycles. The first-order valence-electron chi connectivity index (χ1n) is 8.08. The molecule has 0 fully saturated rings. The van der Waals surface area contributed by atoms with Gasteiger partial charge >= 0.3 is 0 Å². The molecule has 26 heavy (non-hydrogen) atoms. The first-order chi connectivity index (χ1) is 12.6. The van der Waals surface area contributed by atoms with E-state index in [1.54, 1.807) is 6.07 Å². The van der Waals surface area contributed by atoms with Gasteiger partial charge in [-0.2, -0.15) is 5.10 Å². The smallest absolute Gasteiger partial charge is 0.184 e. The Morgan fingerprint density at radius 3 is 2.69 bits per heavy atom. The van der Waals surface area contributed by atoms with Gasteiger partial charge in [0, 0.05) is 12.0 Å². The molecule has 2 aromatic carbocycles. The molecule has 0 bridgehead atoms. The van der Waals surface area contributed by atoms with E-state index < -0.39 is 0 Å². The van der Waals surface area contributed by atoms with Crippen LogP contribution in [-0.4, -0.2) is 24.0 Å². The SMILES string of the molecule is NC(=S)NN=C1C[C@@H](c2ccc3c(c2)OCCO3)Oc2ccc(F)cc21. The summed E-state index contributed by atoms with van der Waals surface area (Å²) in [6.07, 6.45) is 0.113. The van der Waals surface area contributed by atoms with Gasteiger partial charge in [0.15, 0.2) is 16.6 Å². The molecule has 8 heteroatoms. The predicted octanol–water partition coefficient (Wildman–Crippen LogP) is 2.66. The van der Waals surface area contributed by atoms with Crippen LogP contribution in [0, 0.1) is 5.82 Å². The van der Waals surface area contributed by atoms with Gasteiger partial charge in [0.25, 0.3) is 0 Å². The molecule has 4 rings (SSSR count). The van der Waals surface area contributed by atoms with Crippen molar-refractivity contribution in [3.63, 3.8) is 0 Å². The van der Waals surface area contributed by atoms with Gasteiger partial charge in [0.2, 0.25) is 0 Å². The zero-order chi connectivity index (χ0) is 18.1. The molecule has 6 nitrogen and oxygen atoms in total. The number of nitrogens with zero attached hydrogens (tertiary/aromatic N) is 1. The molecule has 1 atom stereocenters. The minimum Gasteiger partial charge on any atom is -0.486 e. The van der Waals surface area contributed by atoms with Gasteiger partial charge in [-0.25, -0.2) is 4.39 Å². The van der Waals surface area contributed by atoms with Gasteiger partial charge in [0.05, 0.1) is 5.71 Å². The van der Waals surface area contributed by atoms with E-state index in [0.29, 0.717) is 48.2 Å². The molecule has 0 amide bonds. The molecule has 0 unspecified atom stereocenters. The number of halogens is 1. The largest absolute Gasteiger partial charge is 0.486 e. The van der Waals surface area contributed by atoms with Gasteiger partial charge in [0.1, 0.15) is 30.9 Å². The molecule has 2 heterocycles. The molecule has 2 aliphatic rings.